The van der Waals surface area contributed by atoms with Gasteiger partial charge in [0.1, 0.15) is 0 Å². The van der Waals surface area contributed by atoms with Crippen molar-refractivity contribution in [3.63, 3.8) is 0 Å². The van der Waals surface area contributed by atoms with Crippen LogP contribution in [0.25, 0.3) is 0 Å². The number of aromatic nitrogens is 1. The van der Waals surface area contributed by atoms with E-state index in [0.717, 1.165) is 0 Å². The molecule has 0 fully saturated rings. The molecule has 1 heterocycles. The van der Waals surface area contributed by atoms with Gasteiger partial charge in [-0.05, 0) is 26.7 Å². The molecule has 2 heteroatoms. The Bertz CT molecular complexity index is 258. The highest BCUT2D eigenvalue weighted by molar-refractivity contribution is 7.11. The van der Waals surface area contributed by atoms with Crippen LogP contribution in [0.15, 0.2) is 0 Å². The summed E-state index contributed by atoms with van der Waals surface area (Å²) in [6.07, 6.45) is 5.15. The van der Waals surface area contributed by atoms with Gasteiger partial charge in [-0.2, -0.15) is 0 Å². The molecule has 0 N–H and O–H groups in total. The molecule has 0 spiro atoms. The maximum Gasteiger partial charge on any atom is 0.0961 e. The molecule has 0 amide bonds. The third kappa shape index (κ3) is 2.81. The highest BCUT2D eigenvalue weighted by atomic mass is 32.1. The van der Waals surface area contributed by atoms with E-state index < -0.39 is 0 Å². The minimum atomic E-state index is 0.701. The standard InChI is InChI=1S/C12H21NS/c1-5-7-8-11(6-2)12-13-9(3)10(4)14-12/h11H,5-8H2,1-4H3. The van der Waals surface area contributed by atoms with Gasteiger partial charge in [0.05, 0.1) is 10.7 Å². The van der Waals surface area contributed by atoms with Crippen LogP contribution in [-0.2, 0) is 0 Å². The molecular formula is C12H21NS. The van der Waals surface area contributed by atoms with Gasteiger partial charge in [0.2, 0.25) is 0 Å². The zero-order valence-electron chi connectivity index (χ0n) is 9.76. The van der Waals surface area contributed by atoms with Gasteiger partial charge in [-0.3, -0.25) is 0 Å². The fourth-order valence-electron chi connectivity index (χ4n) is 1.62. The molecule has 0 bridgehead atoms. The molecule has 0 aliphatic rings. The Morgan fingerprint density at radius 3 is 2.43 bits per heavy atom. The lowest BCUT2D eigenvalue weighted by Crippen LogP contribution is -1.96. The van der Waals surface area contributed by atoms with Gasteiger partial charge < -0.3 is 0 Å². The first-order valence-corrected chi connectivity index (χ1v) is 6.44. The summed E-state index contributed by atoms with van der Waals surface area (Å²) in [6.45, 7) is 8.81. The minimum Gasteiger partial charge on any atom is -0.246 e. The predicted molar refractivity (Wildman–Crippen MR) is 64.1 cm³/mol. The van der Waals surface area contributed by atoms with Crippen LogP contribution in [0.4, 0.5) is 0 Å². The average Bonchev–Trinajstić information content (AvgIpc) is 2.48. The lowest BCUT2D eigenvalue weighted by Gasteiger charge is -2.10. The molecule has 14 heavy (non-hydrogen) atoms. The number of hydrogen-bond acceptors (Lipinski definition) is 2. The Hall–Kier alpha value is -0.370. The summed E-state index contributed by atoms with van der Waals surface area (Å²) in [5.41, 5.74) is 1.22. The molecule has 1 aromatic heterocycles. The summed E-state index contributed by atoms with van der Waals surface area (Å²) in [6, 6.07) is 0. The predicted octanol–water partition coefficient (Wildman–Crippen LogP) is 4.44. The Morgan fingerprint density at radius 1 is 1.29 bits per heavy atom. The van der Waals surface area contributed by atoms with Crippen molar-refractivity contribution in [2.75, 3.05) is 0 Å². The number of nitrogens with zero attached hydrogens (tertiary/aromatic N) is 1. The SMILES string of the molecule is CCCCC(CC)c1nc(C)c(C)s1. The van der Waals surface area contributed by atoms with Crippen molar-refractivity contribution in [1.29, 1.82) is 0 Å². The summed E-state index contributed by atoms with van der Waals surface area (Å²) >= 11 is 1.89. The fraction of sp³-hybridized carbons (Fsp3) is 0.750. The minimum absolute atomic E-state index is 0.701. The zero-order valence-corrected chi connectivity index (χ0v) is 10.6. The summed E-state index contributed by atoms with van der Waals surface area (Å²) < 4.78 is 0. The monoisotopic (exact) mass is 211 g/mol. The molecule has 0 radical (unpaired) electrons. The molecule has 1 atom stereocenters. The second-order valence-electron chi connectivity index (χ2n) is 3.94. The van der Waals surface area contributed by atoms with E-state index in [0.29, 0.717) is 5.92 Å². The van der Waals surface area contributed by atoms with E-state index in [-0.39, 0.29) is 0 Å². The second kappa shape index (κ2) is 5.50. The molecule has 0 aliphatic carbocycles. The van der Waals surface area contributed by atoms with Crippen molar-refractivity contribution in [2.45, 2.75) is 59.3 Å². The van der Waals surface area contributed by atoms with Crippen molar-refractivity contribution >= 4 is 11.3 Å². The van der Waals surface area contributed by atoms with Crippen molar-refractivity contribution in [3.8, 4) is 0 Å². The average molecular weight is 211 g/mol. The van der Waals surface area contributed by atoms with Crippen LogP contribution in [0.3, 0.4) is 0 Å². The van der Waals surface area contributed by atoms with Crippen LogP contribution in [0, 0.1) is 13.8 Å². The van der Waals surface area contributed by atoms with Crippen LogP contribution < -0.4 is 0 Å². The fourth-order valence-corrected chi connectivity index (χ4v) is 2.77. The Kier molecular flexibility index (Phi) is 4.59. The van der Waals surface area contributed by atoms with Gasteiger partial charge in [-0.1, -0.05) is 26.7 Å². The van der Waals surface area contributed by atoms with Gasteiger partial charge in [0.25, 0.3) is 0 Å². The summed E-state index contributed by atoms with van der Waals surface area (Å²) in [5, 5.41) is 1.36. The topological polar surface area (TPSA) is 12.9 Å². The first-order chi connectivity index (χ1) is 6.69. The smallest absolute Gasteiger partial charge is 0.0961 e. The number of hydrogen-bond donors (Lipinski definition) is 0. The second-order valence-corrected chi connectivity index (χ2v) is 5.18. The Morgan fingerprint density at radius 2 is 2.00 bits per heavy atom. The first-order valence-electron chi connectivity index (χ1n) is 5.62. The van der Waals surface area contributed by atoms with E-state index in [1.165, 1.54) is 41.3 Å². The molecule has 1 rings (SSSR count). The molecular weight excluding hydrogens is 190 g/mol. The summed E-state index contributed by atoms with van der Waals surface area (Å²) in [7, 11) is 0. The van der Waals surface area contributed by atoms with E-state index >= 15 is 0 Å². The van der Waals surface area contributed by atoms with Crippen LogP contribution in [0.5, 0.6) is 0 Å². The maximum absolute atomic E-state index is 4.65. The number of rotatable bonds is 5. The highest BCUT2D eigenvalue weighted by Crippen LogP contribution is 2.30. The van der Waals surface area contributed by atoms with Crippen molar-refractivity contribution in [1.82, 2.24) is 4.98 Å². The van der Waals surface area contributed by atoms with E-state index in [4.69, 9.17) is 0 Å². The molecule has 80 valence electrons. The Balaban J connectivity index is 2.68. The molecule has 0 saturated heterocycles. The van der Waals surface area contributed by atoms with Gasteiger partial charge in [0, 0.05) is 10.8 Å². The van der Waals surface area contributed by atoms with E-state index in [1.54, 1.807) is 0 Å². The molecule has 1 aromatic rings. The van der Waals surface area contributed by atoms with Gasteiger partial charge in [-0.25, -0.2) is 4.98 Å². The molecule has 0 aromatic carbocycles. The first kappa shape index (κ1) is 11.7. The van der Waals surface area contributed by atoms with Crippen LogP contribution in [0.2, 0.25) is 0 Å². The van der Waals surface area contributed by atoms with E-state index in [1.807, 2.05) is 11.3 Å². The summed E-state index contributed by atoms with van der Waals surface area (Å²) in [4.78, 5) is 6.04. The molecule has 1 unspecified atom stereocenters. The van der Waals surface area contributed by atoms with Crippen molar-refractivity contribution in [2.24, 2.45) is 0 Å². The van der Waals surface area contributed by atoms with E-state index in [2.05, 4.69) is 32.7 Å². The molecule has 0 saturated carbocycles. The van der Waals surface area contributed by atoms with Gasteiger partial charge in [0.15, 0.2) is 0 Å². The molecule has 1 nitrogen and oxygen atoms in total. The lowest BCUT2D eigenvalue weighted by atomic mass is 10.0. The van der Waals surface area contributed by atoms with Crippen molar-refractivity contribution < 1.29 is 0 Å². The zero-order chi connectivity index (χ0) is 10.6. The maximum atomic E-state index is 4.65. The Labute approximate surface area is 91.6 Å². The number of aryl methyl sites for hydroxylation is 2. The van der Waals surface area contributed by atoms with Gasteiger partial charge in [-0.15, -0.1) is 11.3 Å². The van der Waals surface area contributed by atoms with E-state index in [9.17, 15) is 0 Å². The molecule has 0 aliphatic heterocycles. The van der Waals surface area contributed by atoms with Crippen molar-refractivity contribution in [3.05, 3.63) is 15.6 Å². The normalized spacial score (nSPS) is 13.1. The summed E-state index contributed by atoms with van der Waals surface area (Å²) in [5.74, 6) is 0.701. The van der Waals surface area contributed by atoms with Crippen LogP contribution >= 0.6 is 11.3 Å². The van der Waals surface area contributed by atoms with Gasteiger partial charge >= 0.3 is 0 Å². The number of thiazole rings is 1. The lowest BCUT2D eigenvalue weighted by molar-refractivity contribution is 0.566. The quantitative estimate of drug-likeness (QED) is 0.701. The third-order valence-corrected chi connectivity index (χ3v) is 4.03. The number of unbranched alkanes of at least 4 members (excludes halogenated alkanes) is 1. The largest absolute Gasteiger partial charge is 0.246 e. The van der Waals surface area contributed by atoms with Crippen LogP contribution in [-0.4, -0.2) is 4.98 Å². The third-order valence-electron chi connectivity index (χ3n) is 2.79. The van der Waals surface area contributed by atoms with Crippen LogP contribution in [0.1, 0.15) is 61.0 Å². The highest BCUT2D eigenvalue weighted by Gasteiger charge is 2.13.